The number of amides is 1. The molecule has 0 radical (unpaired) electrons. The number of carbonyl (C=O) groups is 1. The number of para-hydroxylation sites is 3. The van der Waals surface area contributed by atoms with Gasteiger partial charge in [-0.1, -0.05) is 67.1 Å². The van der Waals surface area contributed by atoms with Crippen molar-refractivity contribution in [2.45, 2.75) is 38.6 Å². The molecule has 0 fully saturated rings. The van der Waals surface area contributed by atoms with Crippen LogP contribution >= 0.6 is 0 Å². The Morgan fingerprint density at radius 3 is 2.44 bits per heavy atom. The molecule has 5 rings (SSSR count). The lowest BCUT2D eigenvalue weighted by Gasteiger charge is -2.11. The van der Waals surface area contributed by atoms with E-state index < -0.39 is 0 Å². The van der Waals surface area contributed by atoms with Crippen molar-refractivity contribution in [2.75, 3.05) is 19.8 Å². The van der Waals surface area contributed by atoms with Crippen molar-refractivity contribution in [3.8, 4) is 11.5 Å². The summed E-state index contributed by atoms with van der Waals surface area (Å²) in [5.74, 6) is 2.63. The fourth-order valence-electron chi connectivity index (χ4n) is 4.76. The molecule has 5 aromatic rings. The first-order chi connectivity index (χ1) is 19.3. The van der Waals surface area contributed by atoms with Gasteiger partial charge in [0.25, 0.3) is 5.91 Å². The van der Waals surface area contributed by atoms with Crippen molar-refractivity contribution in [1.29, 1.82) is 0 Å². The normalized spacial score (nSPS) is 11.1. The van der Waals surface area contributed by atoms with Gasteiger partial charge in [-0.2, -0.15) is 0 Å². The van der Waals surface area contributed by atoms with E-state index in [1.54, 1.807) is 0 Å². The highest BCUT2D eigenvalue weighted by molar-refractivity contribution is 5.83. The van der Waals surface area contributed by atoms with E-state index in [2.05, 4.69) is 64.5 Å². The monoisotopic (exact) mass is 521 g/mol. The average molecular weight is 522 g/mol. The summed E-state index contributed by atoms with van der Waals surface area (Å²) >= 11 is 0. The van der Waals surface area contributed by atoms with Crippen molar-refractivity contribution in [1.82, 2.24) is 14.9 Å². The summed E-state index contributed by atoms with van der Waals surface area (Å²) in [7, 11) is 0. The highest BCUT2D eigenvalue weighted by atomic mass is 16.5. The molecule has 0 saturated heterocycles. The molecule has 1 heterocycles. The number of aromatic nitrogens is 2. The molecule has 200 valence electrons. The van der Waals surface area contributed by atoms with Gasteiger partial charge in [-0.3, -0.25) is 4.79 Å². The molecule has 6 nitrogen and oxygen atoms in total. The standard InChI is InChI=1S/C33H35N3O3/c37-33(25-39-28-14-3-1-4-15-28)34-21-10-2-5-18-32-35-30-16-8-9-17-31(30)36(32)22-11-23-38-29-20-19-26-12-6-7-13-27(26)24-29/h1,3-4,6-9,12-17,19-20,24H,2,5,10-11,18,21-23,25H2,(H,34,37). The lowest BCUT2D eigenvalue weighted by atomic mass is 10.1. The molecule has 0 atom stereocenters. The smallest absolute Gasteiger partial charge is 0.257 e. The summed E-state index contributed by atoms with van der Waals surface area (Å²) in [4.78, 5) is 16.9. The van der Waals surface area contributed by atoms with Crippen molar-refractivity contribution in [2.24, 2.45) is 0 Å². The Bertz CT molecular complexity index is 1500. The van der Waals surface area contributed by atoms with Gasteiger partial charge in [0.1, 0.15) is 17.3 Å². The summed E-state index contributed by atoms with van der Waals surface area (Å²) in [6.07, 6.45) is 4.78. The predicted molar refractivity (Wildman–Crippen MR) is 156 cm³/mol. The Kier molecular flexibility index (Phi) is 9.08. The van der Waals surface area contributed by atoms with Gasteiger partial charge in [0.15, 0.2) is 6.61 Å². The summed E-state index contributed by atoms with van der Waals surface area (Å²) in [5.41, 5.74) is 2.21. The average Bonchev–Trinajstić information content (AvgIpc) is 3.33. The molecular formula is C33H35N3O3. The van der Waals surface area contributed by atoms with Crippen molar-refractivity contribution < 1.29 is 14.3 Å². The number of nitrogens with one attached hydrogen (secondary N) is 1. The Morgan fingerprint density at radius 2 is 1.54 bits per heavy atom. The number of unbranched alkanes of at least 4 members (excludes halogenated alkanes) is 2. The summed E-state index contributed by atoms with van der Waals surface area (Å²) in [6.45, 7) is 2.21. The third kappa shape index (κ3) is 7.38. The first-order valence-electron chi connectivity index (χ1n) is 13.8. The molecule has 1 aromatic heterocycles. The lowest BCUT2D eigenvalue weighted by Crippen LogP contribution is -2.29. The number of nitrogens with zero attached hydrogens (tertiary/aromatic N) is 2. The number of hydrogen-bond acceptors (Lipinski definition) is 4. The summed E-state index contributed by atoms with van der Waals surface area (Å²) in [5, 5.41) is 5.36. The fraction of sp³-hybridized carbons (Fsp3) is 0.273. The van der Waals surface area contributed by atoms with E-state index in [0.29, 0.717) is 18.9 Å². The molecule has 0 aliphatic carbocycles. The Morgan fingerprint density at radius 1 is 0.744 bits per heavy atom. The van der Waals surface area contributed by atoms with Crippen LogP contribution in [0.3, 0.4) is 0 Å². The molecule has 6 heteroatoms. The largest absolute Gasteiger partial charge is 0.494 e. The molecule has 0 spiro atoms. The number of carbonyl (C=O) groups excluding carboxylic acids is 1. The van der Waals surface area contributed by atoms with Gasteiger partial charge in [-0.15, -0.1) is 0 Å². The maximum atomic E-state index is 12.0. The molecule has 0 bridgehead atoms. The molecule has 4 aromatic carbocycles. The molecule has 39 heavy (non-hydrogen) atoms. The number of benzene rings is 4. The minimum Gasteiger partial charge on any atom is -0.494 e. The molecule has 0 aliphatic rings. The number of hydrogen-bond donors (Lipinski definition) is 1. The van der Waals surface area contributed by atoms with Gasteiger partial charge < -0.3 is 19.4 Å². The molecule has 0 unspecified atom stereocenters. The van der Waals surface area contributed by atoms with Crippen LogP contribution in [0.15, 0.2) is 97.1 Å². The predicted octanol–water partition coefficient (Wildman–Crippen LogP) is 6.57. The first-order valence-corrected chi connectivity index (χ1v) is 13.8. The zero-order chi connectivity index (χ0) is 26.7. The molecule has 1 N–H and O–H groups in total. The third-order valence-corrected chi connectivity index (χ3v) is 6.76. The number of ether oxygens (including phenoxy) is 2. The quantitative estimate of drug-likeness (QED) is 0.168. The van der Waals surface area contributed by atoms with Gasteiger partial charge >= 0.3 is 0 Å². The number of aryl methyl sites for hydroxylation is 2. The SMILES string of the molecule is O=C(COc1ccccc1)NCCCCCc1nc2ccccc2n1CCCOc1ccc2ccccc2c1. The van der Waals surface area contributed by atoms with Crippen molar-refractivity contribution >= 4 is 27.7 Å². The fourth-order valence-corrected chi connectivity index (χ4v) is 4.76. The molecule has 0 aliphatic heterocycles. The van der Waals surface area contributed by atoms with Crippen LogP contribution in [0.4, 0.5) is 0 Å². The van der Waals surface area contributed by atoms with Crippen LogP contribution in [0, 0.1) is 0 Å². The maximum Gasteiger partial charge on any atom is 0.257 e. The highest BCUT2D eigenvalue weighted by Crippen LogP contribution is 2.22. The lowest BCUT2D eigenvalue weighted by molar-refractivity contribution is -0.123. The van der Waals surface area contributed by atoms with E-state index in [4.69, 9.17) is 14.5 Å². The topological polar surface area (TPSA) is 65.4 Å². The first kappa shape index (κ1) is 26.3. The van der Waals surface area contributed by atoms with Crippen LogP contribution in [0.5, 0.6) is 11.5 Å². The van der Waals surface area contributed by atoms with Gasteiger partial charge in [0, 0.05) is 19.5 Å². The summed E-state index contributed by atoms with van der Waals surface area (Å²) < 4.78 is 13.9. The maximum absolute atomic E-state index is 12.0. The van der Waals surface area contributed by atoms with Crippen LogP contribution in [0.25, 0.3) is 21.8 Å². The minimum absolute atomic E-state index is 0.0403. The second kappa shape index (κ2) is 13.5. The van der Waals surface area contributed by atoms with Crippen LogP contribution in [-0.4, -0.2) is 35.2 Å². The van der Waals surface area contributed by atoms with Crippen LogP contribution in [0.2, 0.25) is 0 Å². The van der Waals surface area contributed by atoms with Crippen LogP contribution < -0.4 is 14.8 Å². The van der Waals surface area contributed by atoms with Gasteiger partial charge in [-0.05, 0) is 66.4 Å². The van der Waals surface area contributed by atoms with E-state index in [1.165, 1.54) is 16.3 Å². The Labute approximate surface area is 229 Å². The van der Waals surface area contributed by atoms with Gasteiger partial charge in [-0.25, -0.2) is 4.98 Å². The zero-order valence-corrected chi connectivity index (χ0v) is 22.2. The van der Waals surface area contributed by atoms with E-state index >= 15 is 0 Å². The molecule has 1 amide bonds. The second-order valence-electron chi connectivity index (χ2n) is 9.64. The van der Waals surface area contributed by atoms with Crippen molar-refractivity contribution in [3.05, 3.63) is 103 Å². The van der Waals surface area contributed by atoms with Crippen LogP contribution in [-0.2, 0) is 17.8 Å². The molecular weight excluding hydrogens is 486 g/mol. The minimum atomic E-state index is -0.0912. The highest BCUT2D eigenvalue weighted by Gasteiger charge is 2.10. The van der Waals surface area contributed by atoms with E-state index in [9.17, 15) is 4.79 Å². The Balaban J connectivity index is 1.06. The molecule has 0 saturated carbocycles. The number of fused-ring (bicyclic) bond motifs is 2. The zero-order valence-electron chi connectivity index (χ0n) is 22.2. The van der Waals surface area contributed by atoms with E-state index in [0.717, 1.165) is 55.7 Å². The van der Waals surface area contributed by atoms with Gasteiger partial charge in [0.2, 0.25) is 0 Å². The van der Waals surface area contributed by atoms with E-state index in [1.807, 2.05) is 42.5 Å². The van der Waals surface area contributed by atoms with Crippen molar-refractivity contribution in [3.63, 3.8) is 0 Å². The number of imidazole rings is 1. The van der Waals surface area contributed by atoms with E-state index in [-0.39, 0.29) is 12.5 Å². The number of rotatable bonds is 14. The Hall–Kier alpha value is -4.32. The second-order valence-corrected chi connectivity index (χ2v) is 9.64. The van der Waals surface area contributed by atoms with Gasteiger partial charge in [0.05, 0.1) is 17.6 Å². The summed E-state index contributed by atoms with van der Waals surface area (Å²) in [6, 6.07) is 32.3. The third-order valence-electron chi connectivity index (χ3n) is 6.76. The van der Waals surface area contributed by atoms with Crippen LogP contribution in [0.1, 0.15) is 31.5 Å².